The van der Waals surface area contributed by atoms with Gasteiger partial charge in [-0.05, 0) is 17.7 Å². The summed E-state index contributed by atoms with van der Waals surface area (Å²) in [7, 11) is 2.04. The first-order valence-electron chi connectivity index (χ1n) is 6.74. The number of nitrogens with one attached hydrogen (secondary N) is 1. The summed E-state index contributed by atoms with van der Waals surface area (Å²) < 4.78 is 2.13. The van der Waals surface area contributed by atoms with Gasteiger partial charge in [-0.15, -0.1) is 0 Å². The molecule has 1 N–H and O–H groups in total. The highest BCUT2D eigenvalue weighted by Crippen LogP contribution is 2.21. The molecule has 102 valence electrons. The van der Waals surface area contributed by atoms with Crippen molar-refractivity contribution in [2.24, 2.45) is 7.05 Å². The van der Waals surface area contributed by atoms with Crippen molar-refractivity contribution in [1.29, 1.82) is 0 Å². The summed E-state index contributed by atoms with van der Waals surface area (Å²) in [4.78, 5) is 15.9. The average Bonchev–Trinajstić information content (AvgIpc) is 2.73. The lowest BCUT2D eigenvalue weighted by molar-refractivity contribution is -0.120. The number of amides is 1. The number of hydrogen-bond donors (Lipinski definition) is 1. The van der Waals surface area contributed by atoms with Gasteiger partial charge in [0.05, 0.1) is 11.0 Å². The third-order valence-corrected chi connectivity index (χ3v) is 3.31. The van der Waals surface area contributed by atoms with Gasteiger partial charge in [-0.25, -0.2) is 4.98 Å². The molecule has 0 spiro atoms. The molecule has 0 aliphatic heterocycles. The lowest BCUT2D eigenvalue weighted by Crippen LogP contribution is -2.21. The second-order valence-corrected chi connectivity index (χ2v) is 5.14. The highest BCUT2D eigenvalue weighted by Gasteiger charge is 2.11. The van der Waals surface area contributed by atoms with Crippen LogP contribution in [0.3, 0.4) is 0 Å². The predicted octanol–water partition coefficient (Wildman–Crippen LogP) is 2.72. The van der Waals surface area contributed by atoms with E-state index >= 15 is 0 Å². The van der Waals surface area contributed by atoms with Crippen LogP contribution in [0.5, 0.6) is 0 Å². The molecule has 0 unspecified atom stereocenters. The molecule has 0 atom stereocenters. The molecule has 0 saturated carbocycles. The molecule has 0 aliphatic carbocycles. The smallest absolute Gasteiger partial charge is 0.219 e. The highest BCUT2D eigenvalue weighted by molar-refractivity contribution is 5.78. The monoisotopic (exact) mass is 259 g/mol. The van der Waals surface area contributed by atoms with Gasteiger partial charge in [0.2, 0.25) is 5.91 Å². The Hall–Kier alpha value is -1.84. The Morgan fingerprint density at radius 1 is 1.42 bits per heavy atom. The van der Waals surface area contributed by atoms with Gasteiger partial charge in [0.1, 0.15) is 5.82 Å². The van der Waals surface area contributed by atoms with Gasteiger partial charge in [-0.2, -0.15) is 0 Å². The fourth-order valence-electron chi connectivity index (χ4n) is 2.22. The Kier molecular flexibility index (Phi) is 3.88. The molecule has 19 heavy (non-hydrogen) atoms. The SMILES string of the molecule is CCC(=O)NCc1ccc2c(c1)nc(C(C)C)n2C. The summed E-state index contributed by atoms with van der Waals surface area (Å²) in [6.45, 7) is 6.70. The van der Waals surface area contributed by atoms with Crippen LogP contribution in [0.1, 0.15) is 44.5 Å². The Balaban J connectivity index is 2.28. The molecule has 4 heteroatoms. The summed E-state index contributed by atoms with van der Waals surface area (Å²) in [6.07, 6.45) is 0.517. The van der Waals surface area contributed by atoms with Crippen molar-refractivity contribution in [3.63, 3.8) is 0 Å². The first-order valence-corrected chi connectivity index (χ1v) is 6.74. The fraction of sp³-hybridized carbons (Fsp3) is 0.467. The largest absolute Gasteiger partial charge is 0.352 e. The third kappa shape index (κ3) is 2.78. The number of aryl methyl sites for hydroxylation is 1. The summed E-state index contributed by atoms with van der Waals surface area (Å²) in [5.41, 5.74) is 3.21. The van der Waals surface area contributed by atoms with Gasteiger partial charge in [0, 0.05) is 25.9 Å². The number of carbonyl (C=O) groups excluding carboxylic acids is 1. The number of aromatic nitrogens is 2. The maximum atomic E-state index is 11.3. The normalized spacial score (nSPS) is 11.2. The van der Waals surface area contributed by atoms with Crippen LogP contribution < -0.4 is 5.32 Å². The molecule has 2 rings (SSSR count). The van der Waals surface area contributed by atoms with Gasteiger partial charge in [-0.1, -0.05) is 26.8 Å². The van der Waals surface area contributed by atoms with Crippen LogP contribution >= 0.6 is 0 Å². The molecule has 1 heterocycles. The van der Waals surface area contributed by atoms with Crippen molar-refractivity contribution in [3.05, 3.63) is 29.6 Å². The van der Waals surface area contributed by atoms with Gasteiger partial charge in [-0.3, -0.25) is 4.79 Å². The lowest BCUT2D eigenvalue weighted by Gasteiger charge is -2.05. The molecule has 0 bridgehead atoms. The van der Waals surface area contributed by atoms with Crippen LogP contribution in [0.2, 0.25) is 0 Å². The number of fused-ring (bicyclic) bond motifs is 1. The predicted molar refractivity (Wildman–Crippen MR) is 76.9 cm³/mol. The molecule has 0 aliphatic rings. The van der Waals surface area contributed by atoms with E-state index in [1.807, 2.05) is 20.0 Å². The number of nitrogens with zero attached hydrogens (tertiary/aromatic N) is 2. The summed E-state index contributed by atoms with van der Waals surface area (Å²) in [5.74, 6) is 1.56. The topological polar surface area (TPSA) is 46.9 Å². The van der Waals surface area contributed by atoms with Gasteiger partial charge < -0.3 is 9.88 Å². The van der Waals surface area contributed by atoms with Crippen LogP contribution in [0.15, 0.2) is 18.2 Å². The molecule has 0 saturated heterocycles. The number of carbonyl (C=O) groups is 1. The van der Waals surface area contributed by atoms with Gasteiger partial charge >= 0.3 is 0 Å². The van der Waals surface area contributed by atoms with Crippen molar-refractivity contribution in [2.45, 2.75) is 39.7 Å². The van der Waals surface area contributed by atoms with Crippen LogP contribution in [0.4, 0.5) is 0 Å². The maximum absolute atomic E-state index is 11.3. The second kappa shape index (κ2) is 5.43. The van der Waals surface area contributed by atoms with Crippen molar-refractivity contribution in [1.82, 2.24) is 14.9 Å². The quantitative estimate of drug-likeness (QED) is 0.917. The summed E-state index contributed by atoms with van der Waals surface area (Å²) >= 11 is 0. The van der Waals surface area contributed by atoms with Crippen molar-refractivity contribution in [3.8, 4) is 0 Å². The Labute approximate surface area is 113 Å². The minimum Gasteiger partial charge on any atom is -0.352 e. The summed E-state index contributed by atoms with van der Waals surface area (Å²) in [5, 5.41) is 2.88. The first-order chi connectivity index (χ1) is 9.02. The summed E-state index contributed by atoms with van der Waals surface area (Å²) in [6, 6.07) is 6.17. The van der Waals surface area contributed by atoms with E-state index in [1.165, 1.54) is 0 Å². The van der Waals surface area contributed by atoms with E-state index in [1.54, 1.807) is 0 Å². The molecule has 1 aromatic carbocycles. The molecule has 2 aromatic rings. The number of benzene rings is 1. The van der Waals surface area contributed by atoms with E-state index in [4.69, 9.17) is 0 Å². The van der Waals surface area contributed by atoms with Crippen LogP contribution in [0, 0.1) is 0 Å². The van der Waals surface area contributed by atoms with Crippen molar-refractivity contribution >= 4 is 16.9 Å². The van der Waals surface area contributed by atoms with E-state index in [-0.39, 0.29) is 5.91 Å². The molecular weight excluding hydrogens is 238 g/mol. The van der Waals surface area contributed by atoms with Gasteiger partial charge in [0.15, 0.2) is 0 Å². The first kappa shape index (κ1) is 13.6. The lowest BCUT2D eigenvalue weighted by atomic mass is 10.2. The number of rotatable bonds is 4. The Morgan fingerprint density at radius 3 is 2.79 bits per heavy atom. The zero-order chi connectivity index (χ0) is 14.0. The molecule has 0 fully saturated rings. The molecule has 0 radical (unpaired) electrons. The van der Waals surface area contributed by atoms with Crippen LogP contribution in [0.25, 0.3) is 11.0 Å². The van der Waals surface area contributed by atoms with Crippen molar-refractivity contribution in [2.75, 3.05) is 0 Å². The minimum absolute atomic E-state index is 0.0731. The Bertz CT molecular complexity index is 599. The molecule has 1 amide bonds. The van der Waals surface area contributed by atoms with E-state index in [0.29, 0.717) is 18.9 Å². The molecule has 1 aromatic heterocycles. The van der Waals surface area contributed by atoms with Crippen molar-refractivity contribution < 1.29 is 4.79 Å². The number of imidazole rings is 1. The second-order valence-electron chi connectivity index (χ2n) is 5.14. The van der Waals surface area contributed by atoms with Gasteiger partial charge in [0.25, 0.3) is 0 Å². The Morgan fingerprint density at radius 2 is 2.16 bits per heavy atom. The molecule has 4 nitrogen and oxygen atoms in total. The van der Waals surface area contributed by atoms with E-state index in [2.05, 4.69) is 40.8 Å². The van der Waals surface area contributed by atoms with E-state index in [0.717, 1.165) is 22.4 Å². The number of hydrogen-bond acceptors (Lipinski definition) is 2. The van der Waals surface area contributed by atoms with Crippen LogP contribution in [-0.2, 0) is 18.4 Å². The third-order valence-electron chi connectivity index (χ3n) is 3.31. The maximum Gasteiger partial charge on any atom is 0.219 e. The van der Waals surface area contributed by atoms with E-state index < -0.39 is 0 Å². The van der Waals surface area contributed by atoms with Crippen LogP contribution in [-0.4, -0.2) is 15.5 Å². The molecular formula is C15H21N3O. The highest BCUT2D eigenvalue weighted by atomic mass is 16.1. The zero-order valence-corrected chi connectivity index (χ0v) is 12.0. The average molecular weight is 259 g/mol. The van der Waals surface area contributed by atoms with E-state index in [9.17, 15) is 4.79 Å². The fourth-order valence-corrected chi connectivity index (χ4v) is 2.22. The zero-order valence-electron chi connectivity index (χ0n) is 12.0. The minimum atomic E-state index is 0.0731. The standard InChI is InChI=1S/C15H21N3O/c1-5-14(19)16-9-11-6-7-13-12(8-11)17-15(10(2)3)18(13)4/h6-8,10H,5,9H2,1-4H3,(H,16,19).